The number of carboxylic acid groups (broad SMARTS) is 1. The number of ether oxygens (including phenoxy) is 1. The van der Waals surface area contributed by atoms with Crippen molar-refractivity contribution in [2.24, 2.45) is 17.6 Å². The second-order valence-corrected chi connectivity index (χ2v) is 11.1. The van der Waals surface area contributed by atoms with Gasteiger partial charge in [0.1, 0.15) is 11.4 Å². The van der Waals surface area contributed by atoms with Crippen LogP contribution in [0.2, 0.25) is 0 Å². The van der Waals surface area contributed by atoms with E-state index in [2.05, 4.69) is 28.6 Å². The molecule has 2 aromatic rings. The summed E-state index contributed by atoms with van der Waals surface area (Å²) in [6.45, 7) is 10.7. The summed E-state index contributed by atoms with van der Waals surface area (Å²) >= 11 is 0. The molecule has 1 saturated carbocycles. The van der Waals surface area contributed by atoms with E-state index >= 15 is 0 Å². The second kappa shape index (κ2) is 12.4. The average Bonchev–Trinajstić information content (AvgIpc) is 3.27. The molecule has 0 amide bonds. The Kier molecular flexibility index (Phi) is 9.28. The Morgan fingerprint density at radius 1 is 1.19 bits per heavy atom. The number of piperidine rings is 2. The standard InChI is InChI=1S/C14H29N3O.C14H15NO3/c1-11-9-17(8-5-14(11)18)12(2)10-16-6-3-13(15)4-7-16;16-14(17)12-7-10-11(15-12)5-2-6-13(10)18-8-9-3-1-4-9/h11-14,18H,3-10,15H2,1-2H3;2,5-7,9,15H,1,3-4,8H2,(H,16,17)/t11-,12+,14-;/m1./s1. The zero-order chi connectivity index (χ0) is 25.7. The molecule has 1 aromatic heterocycles. The van der Waals surface area contributed by atoms with Crippen molar-refractivity contribution >= 4 is 16.9 Å². The van der Waals surface area contributed by atoms with Gasteiger partial charge in [-0.05, 0) is 82.2 Å². The highest BCUT2D eigenvalue weighted by Crippen LogP contribution is 2.30. The maximum Gasteiger partial charge on any atom is 0.352 e. The van der Waals surface area contributed by atoms with Gasteiger partial charge in [-0.25, -0.2) is 4.79 Å². The van der Waals surface area contributed by atoms with Crippen LogP contribution in [0.5, 0.6) is 5.75 Å². The average molecular weight is 501 g/mol. The molecule has 0 bridgehead atoms. The second-order valence-electron chi connectivity index (χ2n) is 11.1. The third-order valence-electron chi connectivity index (χ3n) is 8.22. The fourth-order valence-electron chi connectivity index (χ4n) is 5.43. The van der Waals surface area contributed by atoms with Crippen LogP contribution < -0.4 is 10.5 Å². The molecule has 3 atom stereocenters. The highest BCUT2D eigenvalue weighted by atomic mass is 16.5. The number of aromatic nitrogens is 1. The van der Waals surface area contributed by atoms with E-state index in [1.165, 1.54) is 19.3 Å². The Morgan fingerprint density at radius 2 is 1.94 bits per heavy atom. The van der Waals surface area contributed by atoms with Crippen LogP contribution >= 0.6 is 0 Å². The van der Waals surface area contributed by atoms with Gasteiger partial charge in [0, 0.05) is 42.6 Å². The van der Waals surface area contributed by atoms with Gasteiger partial charge in [0.15, 0.2) is 0 Å². The van der Waals surface area contributed by atoms with Crippen molar-refractivity contribution in [1.82, 2.24) is 14.8 Å². The fraction of sp³-hybridized carbons (Fsp3) is 0.679. The van der Waals surface area contributed by atoms with Crippen molar-refractivity contribution in [1.29, 1.82) is 0 Å². The monoisotopic (exact) mass is 500 g/mol. The van der Waals surface area contributed by atoms with Crippen molar-refractivity contribution < 1.29 is 19.7 Å². The Hall–Kier alpha value is -2.13. The third kappa shape index (κ3) is 7.00. The molecule has 5 rings (SSSR count). The Morgan fingerprint density at radius 3 is 2.58 bits per heavy atom. The molecule has 200 valence electrons. The van der Waals surface area contributed by atoms with Crippen LogP contribution in [-0.4, -0.2) is 88.5 Å². The molecular weight excluding hydrogens is 456 g/mol. The number of nitrogens with one attached hydrogen (secondary N) is 1. The minimum Gasteiger partial charge on any atom is -0.493 e. The third-order valence-corrected chi connectivity index (χ3v) is 8.22. The Balaban J connectivity index is 0.000000169. The minimum absolute atomic E-state index is 0.0959. The van der Waals surface area contributed by atoms with E-state index < -0.39 is 5.97 Å². The summed E-state index contributed by atoms with van der Waals surface area (Å²) in [7, 11) is 0. The quantitative estimate of drug-likeness (QED) is 0.460. The molecule has 3 aliphatic rings. The number of carboxylic acids is 1. The van der Waals surface area contributed by atoms with Crippen LogP contribution in [0.4, 0.5) is 0 Å². The van der Waals surface area contributed by atoms with Crippen LogP contribution in [0.3, 0.4) is 0 Å². The highest BCUT2D eigenvalue weighted by molar-refractivity contribution is 5.96. The summed E-state index contributed by atoms with van der Waals surface area (Å²) < 4.78 is 5.80. The van der Waals surface area contributed by atoms with E-state index in [0.717, 1.165) is 75.2 Å². The molecule has 1 aliphatic carbocycles. The number of rotatable bonds is 7. The number of nitrogens with two attached hydrogens (primary N) is 1. The number of hydrogen-bond acceptors (Lipinski definition) is 6. The molecule has 1 aromatic carbocycles. The van der Waals surface area contributed by atoms with Crippen molar-refractivity contribution in [3.05, 3.63) is 30.0 Å². The molecule has 8 heteroatoms. The van der Waals surface area contributed by atoms with Crippen LogP contribution in [0.15, 0.2) is 24.3 Å². The lowest BCUT2D eigenvalue weighted by atomic mass is 9.86. The van der Waals surface area contributed by atoms with Crippen molar-refractivity contribution in [2.75, 3.05) is 39.3 Å². The molecule has 0 radical (unpaired) electrons. The SMILES string of the molecule is C[C@@H]1CN([C@@H](C)CN2CCC(N)CC2)CC[C@H]1O.O=C(O)c1cc2c(OCC3CCC3)cccc2[nH]1. The molecule has 8 nitrogen and oxygen atoms in total. The van der Waals surface area contributed by atoms with E-state index in [9.17, 15) is 9.90 Å². The van der Waals surface area contributed by atoms with Gasteiger partial charge < -0.3 is 30.6 Å². The molecule has 0 spiro atoms. The number of aromatic amines is 1. The summed E-state index contributed by atoms with van der Waals surface area (Å²) in [4.78, 5) is 18.9. The number of aromatic carboxylic acids is 1. The number of aliphatic hydroxyl groups is 1. The van der Waals surface area contributed by atoms with Crippen LogP contribution in [-0.2, 0) is 0 Å². The van der Waals surface area contributed by atoms with Crippen molar-refractivity contribution in [3.63, 3.8) is 0 Å². The Bertz CT molecular complexity index is 983. The van der Waals surface area contributed by atoms with E-state index in [0.29, 0.717) is 23.9 Å². The first-order chi connectivity index (χ1) is 17.3. The topological polar surface area (TPSA) is 115 Å². The number of H-pyrrole nitrogens is 1. The number of likely N-dealkylation sites (tertiary alicyclic amines) is 2. The molecule has 3 heterocycles. The predicted molar refractivity (Wildman–Crippen MR) is 143 cm³/mol. The summed E-state index contributed by atoms with van der Waals surface area (Å²) in [6.07, 6.45) is 6.89. The van der Waals surface area contributed by atoms with Gasteiger partial charge >= 0.3 is 5.97 Å². The van der Waals surface area contributed by atoms with Gasteiger partial charge in [-0.1, -0.05) is 19.4 Å². The van der Waals surface area contributed by atoms with Gasteiger partial charge in [0.25, 0.3) is 0 Å². The number of benzene rings is 1. The van der Waals surface area contributed by atoms with Gasteiger partial charge in [0.2, 0.25) is 0 Å². The van der Waals surface area contributed by atoms with Crippen LogP contribution in [0.1, 0.15) is 62.9 Å². The maximum absolute atomic E-state index is 10.9. The first-order valence-corrected chi connectivity index (χ1v) is 13.7. The number of fused-ring (bicyclic) bond motifs is 1. The number of aliphatic hydroxyl groups excluding tert-OH is 1. The molecular formula is C28H44N4O4. The smallest absolute Gasteiger partial charge is 0.352 e. The molecule has 0 unspecified atom stereocenters. The fourth-order valence-corrected chi connectivity index (χ4v) is 5.43. The number of hydrogen-bond donors (Lipinski definition) is 4. The van der Waals surface area contributed by atoms with E-state index in [1.54, 1.807) is 6.07 Å². The molecule has 2 saturated heterocycles. The first-order valence-electron chi connectivity index (χ1n) is 13.7. The van der Waals surface area contributed by atoms with Gasteiger partial charge in [-0.2, -0.15) is 0 Å². The lowest BCUT2D eigenvalue weighted by molar-refractivity contribution is 0.0119. The van der Waals surface area contributed by atoms with Crippen LogP contribution in [0.25, 0.3) is 10.9 Å². The summed E-state index contributed by atoms with van der Waals surface area (Å²) in [5.41, 5.74) is 6.94. The lowest BCUT2D eigenvalue weighted by Crippen LogP contribution is -2.51. The predicted octanol–water partition coefficient (Wildman–Crippen LogP) is 3.55. The highest BCUT2D eigenvalue weighted by Gasteiger charge is 2.28. The van der Waals surface area contributed by atoms with E-state index in [-0.39, 0.29) is 11.8 Å². The molecule has 3 fully saturated rings. The largest absolute Gasteiger partial charge is 0.493 e. The van der Waals surface area contributed by atoms with Crippen molar-refractivity contribution in [3.8, 4) is 5.75 Å². The Labute approximate surface area is 214 Å². The van der Waals surface area contributed by atoms with Gasteiger partial charge in [0.05, 0.1) is 12.7 Å². The zero-order valence-electron chi connectivity index (χ0n) is 21.9. The van der Waals surface area contributed by atoms with Crippen LogP contribution in [0, 0.1) is 11.8 Å². The number of nitrogens with zero attached hydrogens (tertiary/aromatic N) is 2. The van der Waals surface area contributed by atoms with Gasteiger partial charge in [-0.3, -0.25) is 4.90 Å². The normalized spacial score (nSPS) is 25.1. The zero-order valence-corrected chi connectivity index (χ0v) is 21.9. The van der Waals surface area contributed by atoms with Crippen molar-refractivity contribution in [2.45, 2.75) is 70.6 Å². The summed E-state index contributed by atoms with van der Waals surface area (Å²) in [6, 6.07) is 8.27. The van der Waals surface area contributed by atoms with Gasteiger partial charge in [-0.15, -0.1) is 0 Å². The minimum atomic E-state index is -0.948. The molecule has 36 heavy (non-hydrogen) atoms. The van der Waals surface area contributed by atoms with E-state index in [4.69, 9.17) is 15.6 Å². The maximum atomic E-state index is 10.9. The lowest BCUT2D eigenvalue weighted by Gasteiger charge is -2.41. The first kappa shape index (κ1) is 26.9. The van der Waals surface area contributed by atoms with E-state index in [1.807, 2.05) is 18.2 Å². The number of carbonyl (C=O) groups is 1. The molecule has 2 aliphatic heterocycles. The summed E-state index contributed by atoms with van der Waals surface area (Å²) in [5, 5.41) is 19.6. The summed E-state index contributed by atoms with van der Waals surface area (Å²) in [5.74, 6) is 0.897. The molecule has 5 N–H and O–H groups in total.